The molecule has 3 rings (SSSR count). The standard InChI is InChI=1S/C21H22FN5O4/c22-17-7-2-1-6-16(17)18-10-19(25-21(23)31)27(26-18)15-5-3-4-13(8-15)9-20(30)24-14(11-28)12-29/h1-8,10,14,28-29H,9,11-12H2,(H,24,30)(H3,23,25,31). The summed E-state index contributed by atoms with van der Waals surface area (Å²) in [6.07, 6.45) is -0.00956. The number of carbonyl (C=O) groups is 2. The lowest BCUT2D eigenvalue weighted by Crippen LogP contribution is -2.40. The van der Waals surface area contributed by atoms with Gasteiger partial charge in [-0.15, -0.1) is 0 Å². The van der Waals surface area contributed by atoms with E-state index in [2.05, 4.69) is 15.7 Å². The number of amides is 3. The summed E-state index contributed by atoms with van der Waals surface area (Å²) in [5.74, 6) is -0.619. The Hall–Kier alpha value is -3.76. The van der Waals surface area contributed by atoms with Crippen molar-refractivity contribution in [3.63, 3.8) is 0 Å². The van der Waals surface area contributed by atoms with Gasteiger partial charge in [-0.3, -0.25) is 10.1 Å². The number of nitrogens with two attached hydrogens (primary N) is 1. The van der Waals surface area contributed by atoms with Crippen molar-refractivity contribution < 1.29 is 24.2 Å². The highest BCUT2D eigenvalue weighted by molar-refractivity contribution is 5.88. The second-order valence-corrected chi connectivity index (χ2v) is 6.77. The molecule has 3 aromatic rings. The molecule has 3 amide bonds. The number of primary amides is 1. The van der Waals surface area contributed by atoms with Crippen LogP contribution in [0.5, 0.6) is 0 Å². The first-order valence-corrected chi connectivity index (χ1v) is 9.43. The van der Waals surface area contributed by atoms with Crippen molar-refractivity contribution >= 4 is 17.8 Å². The number of aromatic nitrogens is 2. The van der Waals surface area contributed by atoms with Crippen LogP contribution >= 0.6 is 0 Å². The van der Waals surface area contributed by atoms with Gasteiger partial charge in [0.1, 0.15) is 11.6 Å². The first-order valence-electron chi connectivity index (χ1n) is 9.43. The van der Waals surface area contributed by atoms with E-state index in [4.69, 9.17) is 15.9 Å². The molecule has 0 spiro atoms. The van der Waals surface area contributed by atoms with Gasteiger partial charge in [-0.05, 0) is 29.8 Å². The van der Waals surface area contributed by atoms with Gasteiger partial charge in [-0.25, -0.2) is 13.9 Å². The molecule has 31 heavy (non-hydrogen) atoms. The number of halogens is 1. The highest BCUT2D eigenvalue weighted by Crippen LogP contribution is 2.27. The molecule has 0 aliphatic carbocycles. The zero-order chi connectivity index (χ0) is 22.4. The molecule has 0 fully saturated rings. The summed E-state index contributed by atoms with van der Waals surface area (Å²) >= 11 is 0. The van der Waals surface area contributed by atoms with Crippen molar-refractivity contribution in [2.75, 3.05) is 18.5 Å². The summed E-state index contributed by atoms with van der Waals surface area (Å²) in [5, 5.41) is 27.6. The largest absolute Gasteiger partial charge is 0.394 e. The fourth-order valence-corrected chi connectivity index (χ4v) is 3.01. The lowest BCUT2D eigenvalue weighted by molar-refractivity contribution is -0.121. The van der Waals surface area contributed by atoms with Gasteiger partial charge < -0.3 is 21.3 Å². The number of hydrogen-bond acceptors (Lipinski definition) is 5. The summed E-state index contributed by atoms with van der Waals surface area (Å²) in [6.45, 7) is -0.757. The molecule has 0 saturated carbocycles. The summed E-state index contributed by atoms with van der Waals surface area (Å²) in [6, 6.07) is 12.9. The van der Waals surface area contributed by atoms with Crippen LogP contribution in [0.4, 0.5) is 15.0 Å². The molecule has 10 heteroatoms. The first kappa shape index (κ1) is 21.9. The molecule has 6 N–H and O–H groups in total. The minimum Gasteiger partial charge on any atom is -0.394 e. The van der Waals surface area contributed by atoms with Crippen molar-refractivity contribution in [3.05, 3.63) is 66.0 Å². The van der Waals surface area contributed by atoms with E-state index in [1.165, 1.54) is 16.8 Å². The third-order valence-electron chi connectivity index (χ3n) is 4.44. The molecule has 0 bridgehead atoms. The Labute approximate surface area is 177 Å². The predicted molar refractivity (Wildman–Crippen MR) is 112 cm³/mol. The van der Waals surface area contributed by atoms with Crippen LogP contribution in [0.3, 0.4) is 0 Å². The van der Waals surface area contributed by atoms with Gasteiger partial charge in [0.2, 0.25) is 5.91 Å². The van der Waals surface area contributed by atoms with Gasteiger partial charge in [0.05, 0.1) is 37.1 Å². The summed E-state index contributed by atoms with van der Waals surface area (Å²) in [5.41, 5.74) is 6.94. The Bertz CT molecular complexity index is 1080. The van der Waals surface area contributed by atoms with Crippen LogP contribution in [0.25, 0.3) is 16.9 Å². The number of benzene rings is 2. The number of carbonyl (C=O) groups excluding carboxylic acids is 2. The van der Waals surface area contributed by atoms with E-state index in [1.54, 1.807) is 42.5 Å². The number of urea groups is 1. The lowest BCUT2D eigenvalue weighted by Gasteiger charge is -2.14. The second kappa shape index (κ2) is 9.83. The third kappa shape index (κ3) is 5.44. The molecule has 1 aromatic heterocycles. The number of anilines is 1. The highest BCUT2D eigenvalue weighted by Gasteiger charge is 2.16. The Morgan fingerprint density at radius 3 is 2.52 bits per heavy atom. The van der Waals surface area contributed by atoms with Gasteiger partial charge in [-0.1, -0.05) is 24.3 Å². The van der Waals surface area contributed by atoms with Crippen LogP contribution < -0.4 is 16.4 Å². The van der Waals surface area contributed by atoms with Crippen molar-refractivity contribution in [1.82, 2.24) is 15.1 Å². The number of aliphatic hydroxyl groups is 2. The molecule has 0 radical (unpaired) electrons. The minimum atomic E-state index is -0.809. The minimum absolute atomic E-state index is 0.00956. The monoisotopic (exact) mass is 427 g/mol. The van der Waals surface area contributed by atoms with Gasteiger partial charge >= 0.3 is 6.03 Å². The number of nitrogens with one attached hydrogen (secondary N) is 2. The number of nitrogens with zero attached hydrogens (tertiary/aromatic N) is 2. The van der Waals surface area contributed by atoms with Crippen LogP contribution in [0.15, 0.2) is 54.6 Å². The molecular formula is C21H22FN5O4. The lowest BCUT2D eigenvalue weighted by atomic mass is 10.1. The zero-order valence-electron chi connectivity index (χ0n) is 16.5. The van der Waals surface area contributed by atoms with E-state index in [-0.39, 0.29) is 36.9 Å². The predicted octanol–water partition coefficient (Wildman–Crippen LogP) is 1.18. The van der Waals surface area contributed by atoms with Crippen LogP contribution in [0.1, 0.15) is 5.56 Å². The fourth-order valence-electron chi connectivity index (χ4n) is 3.01. The molecule has 2 aromatic carbocycles. The summed E-state index contributed by atoms with van der Waals surface area (Å²) < 4.78 is 15.6. The highest BCUT2D eigenvalue weighted by atomic mass is 19.1. The van der Waals surface area contributed by atoms with Crippen molar-refractivity contribution in [2.45, 2.75) is 12.5 Å². The van der Waals surface area contributed by atoms with Gasteiger partial charge in [0.25, 0.3) is 0 Å². The van der Waals surface area contributed by atoms with Gasteiger partial charge in [0.15, 0.2) is 0 Å². The Morgan fingerprint density at radius 2 is 1.84 bits per heavy atom. The number of hydrogen-bond donors (Lipinski definition) is 5. The van der Waals surface area contributed by atoms with E-state index >= 15 is 0 Å². The fraction of sp³-hybridized carbons (Fsp3) is 0.190. The van der Waals surface area contributed by atoms with Gasteiger partial charge in [0, 0.05) is 11.6 Å². The second-order valence-electron chi connectivity index (χ2n) is 6.77. The van der Waals surface area contributed by atoms with E-state index < -0.39 is 17.9 Å². The Kier molecular flexibility index (Phi) is 6.96. The average molecular weight is 427 g/mol. The molecular weight excluding hydrogens is 405 g/mol. The molecule has 0 aliphatic rings. The SMILES string of the molecule is NC(=O)Nc1cc(-c2ccccc2F)nn1-c1cccc(CC(=O)NC(CO)CO)c1. The van der Waals surface area contributed by atoms with Crippen LogP contribution in [-0.4, -0.2) is 51.2 Å². The van der Waals surface area contributed by atoms with E-state index in [0.717, 1.165) is 0 Å². The molecule has 9 nitrogen and oxygen atoms in total. The Balaban J connectivity index is 1.93. The Morgan fingerprint density at radius 1 is 1.10 bits per heavy atom. The quantitative estimate of drug-likeness (QED) is 0.367. The van der Waals surface area contributed by atoms with Crippen LogP contribution in [0, 0.1) is 5.82 Å². The van der Waals surface area contributed by atoms with E-state index in [1.807, 2.05) is 0 Å². The summed E-state index contributed by atoms with van der Waals surface area (Å²) in [4.78, 5) is 23.6. The molecule has 0 atom stereocenters. The van der Waals surface area contributed by atoms with Gasteiger partial charge in [-0.2, -0.15) is 5.10 Å². The maximum atomic E-state index is 14.2. The van der Waals surface area contributed by atoms with Crippen LogP contribution in [0.2, 0.25) is 0 Å². The van der Waals surface area contributed by atoms with Crippen molar-refractivity contribution in [1.29, 1.82) is 0 Å². The first-order chi connectivity index (χ1) is 14.9. The average Bonchev–Trinajstić information content (AvgIpc) is 3.15. The van der Waals surface area contributed by atoms with Crippen molar-refractivity contribution in [3.8, 4) is 16.9 Å². The maximum absolute atomic E-state index is 14.2. The normalized spacial score (nSPS) is 10.8. The number of rotatable bonds is 8. The zero-order valence-corrected chi connectivity index (χ0v) is 16.5. The molecule has 162 valence electrons. The molecule has 0 unspecified atom stereocenters. The molecule has 0 saturated heterocycles. The topological polar surface area (TPSA) is 142 Å². The smallest absolute Gasteiger partial charge is 0.317 e. The number of aliphatic hydroxyl groups excluding tert-OH is 2. The molecule has 0 aliphatic heterocycles. The molecule has 1 heterocycles. The third-order valence-corrected chi connectivity index (χ3v) is 4.44. The van der Waals surface area contributed by atoms with E-state index in [9.17, 15) is 14.0 Å². The maximum Gasteiger partial charge on any atom is 0.317 e. The summed E-state index contributed by atoms with van der Waals surface area (Å²) in [7, 11) is 0. The van der Waals surface area contributed by atoms with E-state index in [0.29, 0.717) is 16.9 Å². The van der Waals surface area contributed by atoms with Crippen molar-refractivity contribution in [2.24, 2.45) is 5.73 Å². The van der Waals surface area contributed by atoms with Crippen LogP contribution in [-0.2, 0) is 11.2 Å².